The van der Waals surface area contributed by atoms with Gasteiger partial charge in [0.25, 0.3) is 0 Å². The fourth-order valence-electron chi connectivity index (χ4n) is 2.53. The predicted molar refractivity (Wildman–Crippen MR) is 101 cm³/mol. The zero-order valence-electron chi connectivity index (χ0n) is 15.0. The van der Waals surface area contributed by atoms with Gasteiger partial charge in [-0.1, -0.05) is 36.3 Å². The first kappa shape index (κ1) is 18.3. The molecule has 6 nitrogen and oxygen atoms in total. The summed E-state index contributed by atoms with van der Waals surface area (Å²) in [4.78, 5) is 20.7. The minimum absolute atomic E-state index is 0.0241. The van der Waals surface area contributed by atoms with Gasteiger partial charge in [0.15, 0.2) is 0 Å². The molecule has 0 radical (unpaired) electrons. The third kappa shape index (κ3) is 4.98. The third-order valence-electron chi connectivity index (χ3n) is 4.02. The number of aryl methyl sites for hydroxylation is 3. The third-order valence-corrected chi connectivity index (χ3v) is 4.85. The number of benzene rings is 1. The maximum absolute atomic E-state index is 11.9. The van der Waals surface area contributed by atoms with Crippen molar-refractivity contribution in [3.63, 3.8) is 0 Å². The molecule has 136 valence electrons. The van der Waals surface area contributed by atoms with E-state index in [1.165, 1.54) is 5.56 Å². The molecular weight excluding hydrogens is 348 g/mol. The molecule has 2 aromatic heterocycles. The number of amides is 1. The largest absolute Gasteiger partial charge is 0.356 e. The van der Waals surface area contributed by atoms with Gasteiger partial charge in [0, 0.05) is 36.8 Å². The van der Waals surface area contributed by atoms with Crippen LogP contribution in [-0.2, 0) is 24.1 Å². The van der Waals surface area contributed by atoms with Gasteiger partial charge in [-0.25, -0.2) is 4.98 Å². The molecule has 26 heavy (non-hydrogen) atoms. The molecule has 0 spiro atoms. The van der Waals surface area contributed by atoms with Gasteiger partial charge in [0.1, 0.15) is 0 Å². The van der Waals surface area contributed by atoms with E-state index >= 15 is 0 Å². The van der Waals surface area contributed by atoms with Crippen molar-refractivity contribution in [1.82, 2.24) is 20.4 Å². The van der Waals surface area contributed by atoms with Crippen LogP contribution in [0.3, 0.4) is 0 Å². The van der Waals surface area contributed by atoms with Gasteiger partial charge in [-0.15, -0.1) is 11.3 Å². The van der Waals surface area contributed by atoms with Gasteiger partial charge < -0.3 is 9.84 Å². The van der Waals surface area contributed by atoms with E-state index in [1.807, 2.05) is 24.4 Å². The minimum atomic E-state index is -0.0241. The van der Waals surface area contributed by atoms with Crippen LogP contribution in [0.5, 0.6) is 0 Å². The van der Waals surface area contributed by atoms with Crippen molar-refractivity contribution in [1.29, 1.82) is 0 Å². The zero-order valence-corrected chi connectivity index (χ0v) is 15.8. The average molecular weight is 370 g/mol. The van der Waals surface area contributed by atoms with Crippen molar-refractivity contribution >= 4 is 17.2 Å². The van der Waals surface area contributed by atoms with Crippen molar-refractivity contribution in [2.24, 2.45) is 0 Å². The summed E-state index contributed by atoms with van der Waals surface area (Å²) < 4.78 is 5.25. The summed E-state index contributed by atoms with van der Waals surface area (Å²) in [7, 11) is 0. The van der Waals surface area contributed by atoms with Gasteiger partial charge in [-0.05, 0) is 18.9 Å². The van der Waals surface area contributed by atoms with E-state index in [4.69, 9.17) is 4.52 Å². The fourth-order valence-corrected chi connectivity index (χ4v) is 3.17. The smallest absolute Gasteiger partial charge is 0.227 e. The van der Waals surface area contributed by atoms with E-state index in [1.54, 1.807) is 11.3 Å². The number of thiazole rings is 1. The van der Waals surface area contributed by atoms with Gasteiger partial charge in [-0.3, -0.25) is 4.79 Å². The van der Waals surface area contributed by atoms with Gasteiger partial charge >= 0.3 is 0 Å². The van der Waals surface area contributed by atoms with Gasteiger partial charge in [0.05, 0.1) is 10.7 Å². The Hall–Kier alpha value is -2.54. The molecule has 3 aromatic rings. The fraction of sp³-hybridized carbons (Fsp3) is 0.368. The first-order valence-corrected chi connectivity index (χ1v) is 9.61. The highest BCUT2D eigenvalue weighted by atomic mass is 32.1. The summed E-state index contributed by atoms with van der Waals surface area (Å²) in [5, 5.41) is 9.96. The van der Waals surface area contributed by atoms with Crippen LogP contribution in [-0.4, -0.2) is 27.6 Å². The molecule has 1 aromatic carbocycles. The Morgan fingerprint density at radius 3 is 2.69 bits per heavy atom. The summed E-state index contributed by atoms with van der Waals surface area (Å²) in [6.45, 7) is 4.68. The number of hydrogen-bond donors (Lipinski definition) is 1. The van der Waals surface area contributed by atoms with E-state index in [0.29, 0.717) is 31.1 Å². The Morgan fingerprint density at radius 2 is 2.00 bits per heavy atom. The van der Waals surface area contributed by atoms with Crippen LogP contribution >= 0.6 is 11.3 Å². The summed E-state index contributed by atoms with van der Waals surface area (Å²) >= 11 is 1.62. The highest BCUT2D eigenvalue weighted by Crippen LogP contribution is 2.17. The predicted octanol–water partition coefficient (Wildman–Crippen LogP) is 3.36. The SMILES string of the molecule is CCc1ccc(-c2noc(CCC(=O)NCCc3csc(C)n3)n2)cc1. The standard InChI is InChI=1S/C19H22N4O2S/c1-3-14-4-6-15(7-5-14)19-22-18(25-23-19)9-8-17(24)20-11-10-16-12-26-13(2)21-16/h4-7,12H,3,8-11H2,1-2H3,(H,20,24). The lowest BCUT2D eigenvalue weighted by molar-refractivity contribution is -0.121. The first-order valence-electron chi connectivity index (χ1n) is 8.73. The highest BCUT2D eigenvalue weighted by Gasteiger charge is 2.11. The maximum Gasteiger partial charge on any atom is 0.227 e. The molecule has 3 rings (SSSR count). The lowest BCUT2D eigenvalue weighted by atomic mass is 10.1. The molecule has 0 saturated heterocycles. The lowest BCUT2D eigenvalue weighted by Crippen LogP contribution is -2.26. The molecule has 0 aliphatic heterocycles. The summed E-state index contributed by atoms with van der Waals surface area (Å²) in [6.07, 6.45) is 2.50. The average Bonchev–Trinajstić information content (AvgIpc) is 3.29. The Bertz CT molecular complexity index is 855. The normalized spacial score (nSPS) is 10.8. The molecule has 0 fully saturated rings. The maximum atomic E-state index is 11.9. The van der Waals surface area contributed by atoms with Crippen molar-refractivity contribution in [2.45, 2.75) is 39.5 Å². The number of nitrogens with zero attached hydrogens (tertiary/aromatic N) is 3. The zero-order chi connectivity index (χ0) is 18.4. The number of hydrogen-bond acceptors (Lipinski definition) is 6. The van der Waals surface area contributed by atoms with E-state index < -0.39 is 0 Å². The summed E-state index contributed by atoms with van der Waals surface area (Å²) in [5.41, 5.74) is 3.20. The number of aromatic nitrogens is 3. The van der Waals surface area contributed by atoms with E-state index in [2.05, 4.69) is 39.5 Å². The number of nitrogens with one attached hydrogen (secondary N) is 1. The number of carbonyl (C=O) groups is 1. The van der Waals surface area contributed by atoms with Crippen LogP contribution in [0.1, 0.15) is 35.5 Å². The molecule has 0 aliphatic rings. The quantitative estimate of drug-likeness (QED) is 0.658. The summed E-state index contributed by atoms with van der Waals surface area (Å²) in [6, 6.07) is 8.09. The van der Waals surface area contributed by atoms with Crippen LogP contribution in [0.15, 0.2) is 34.2 Å². The topological polar surface area (TPSA) is 80.9 Å². The molecule has 0 unspecified atom stereocenters. The molecule has 0 atom stereocenters. The molecule has 0 bridgehead atoms. The second kappa shape index (κ2) is 8.71. The van der Waals surface area contributed by atoms with Crippen LogP contribution in [0.25, 0.3) is 11.4 Å². The molecule has 0 aliphatic carbocycles. The van der Waals surface area contributed by atoms with Crippen molar-refractivity contribution in [3.8, 4) is 11.4 Å². The highest BCUT2D eigenvalue weighted by molar-refractivity contribution is 7.09. The van der Waals surface area contributed by atoms with Crippen LogP contribution in [0.2, 0.25) is 0 Å². The van der Waals surface area contributed by atoms with E-state index in [-0.39, 0.29) is 5.91 Å². The number of carbonyl (C=O) groups excluding carboxylic acids is 1. The monoisotopic (exact) mass is 370 g/mol. The Kier molecular flexibility index (Phi) is 6.12. The molecule has 1 amide bonds. The first-order chi connectivity index (χ1) is 12.6. The minimum Gasteiger partial charge on any atom is -0.356 e. The molecular formula is C19H22N4O2S. The van der Waals surface area contributed by atoms with Gasteiger partial charge in [0.2, 0.25) is 17.6 Å². The van der Waals surface area contributed by atoms with Crippen LogP contribution in [0, 0.1) is 6.92 Å². The Balaban J connectivity index is 1.44. The second-order valence-electron chi connectivity index (χ2n) is 6.02. The molecule has 0 saturated carbocycles. The Morgan fingerprint density at radius 1 is 1.19 bits per heavy atom. The lowest BCUT2D eigenvalue weighted by Gasteiger charge is -2.02. The van der Waals surface area contributed by atoms with E-state index in [0.717, 1.165) is 29.1 Å². The Labute approximate surface area is 156 Å². The van der Waals surface area contributed by atoms with Crippen molar-refractivity contribution in [2.75, 3.05) is 6.54 Å². The van der Waals surface area contributed by atoms with Gasteiger partial charge in [-0.2, -0.15) is 4.98 Å². The second-order valence-corrected chi connectivity index (χ2v) is 7.08. The molecule has 1 N–H and O–H groups in total. The molecule has 7 heteroatoms. The van der Waals surface area contributed by atoms with Crippen molar-refractivity contribution < 1.29 is 9.32 Å². The number of rotatable bonds is 8. The van der Waals surface area contributed by atoms with Crippen LogP contribution in [0.4, 0.5) is 0 Å². The van der Waals surface area contributed by atoms with Crippen molar-refractivity contribution in [3.05, 3.63) is 51.8 Å². The molecule has 2 heterocycles. The van der Waals surface area contributed by atoms with Crippen LogP contribution < -0.4 is 5.32 Å². The van der Waals surface area contributed by atoms with E-state index in [9.17, 15) is 4.79 Å². The summed E-state index contributed by atoms with van der Waals surface area (Å²) in [5.74, 6) is 1.01.